The van der Waals surface area contributed by atoms with Gasteiger partial charge in [-0.25, -0.2) is 13.2 Å². The molecule has 2 rings (SSSR count). The number of Topliss-reactive ketones (excluding diaryl/α,β-unsaturated/α-hetero) is 1. The van der Waals surface area contributed by atoms with Crippen LogP contribution in [0.4, 0.5) is 13.2 Å². The molecule has 1 saturated carbocycles. The van der Waals surface area contributed by atoms with E-state index < -0.39 is 47.3 Å². The maximum Gasteiger partial charge on any atom is 0.248 e. The topological polar surface area (TPSA) is 99.2 Å². The highest BCUT2D eigenvalue weighted by Crippen LogP contribution is 2.46. The molecular weight excluding hydrogens is 467 g/mol. The Morgan fingerprint density at radius 1 is 1.26 bits per heavy atom. The van der Waals surface area contributed by atoms with Crippen LogP contribution in [-0.2, 0) is 25.7 Å². The summed E-state index contributed by atoms with van der Waals surface area (Å²) in [4.78, 5) is 39.5. The van der Waals surface area contributed by atoms with E-state index in [4.69, 9.17) is 4.74 Å². The van der Waals surface area contributed by atoms with Gasteiger partial charge in [0.15, 0.2) is 23.7 Å². The van der Waals surface area contributed by atoms with Gasteiger partial charge >= 0.3 is 0 Å². The van der Waals surface area contributed by atoms with Gasteiger partial charge in [-0.05, 0) is 39.8 Å². The number of methoxy groups -OCH3 is 1. The highest BCUT2D eigenvalue weighted by atomic mass is 19.2. The van der Waals surface area contributed by atoms with Crippen LogP contribution in [0.2, 0.25) is 0 Å². The van der Waals surface area contributed by atoms with Gasteiger partial charge < -0.3 is 20.1 Å². The summed E-state index contributed by atoms with van der Waals surface area (Å²) in [5, 5.41) is 12.2. The Morgan fingerprint density at radius 2 is 1.91 bits per heavy atom. The van der Waals surface area contributed by atoms with Gasteiger partial charge in [0, 0.05) is 49.1 Å². The SMILES string of the molecule is COCCN(C)C1([C@H](C)N(/C=C(\C)C(=O)NCc2ccc(F)c(F)c2F)C(=CO)C(=O)C=O)CC1. The third-order valence-corrected chi connectivity index (χ3v) is 6.35. The number of carbonyl (C=O) groups is 3. The molecule has 0 saturated heterocycles. The fourth-order valence-electron chi connectivity index (χ4n) is 3.95. The van der Waals surface area contributed by atoms with E-state index in [9.17, 15) is 32.7 Å². The first-order chi connectivity index (χ1) is 16.5. The lowest BCUT2D eigenvalue weighted by atomic mass is 10.0. The summed E-state index contributed by atoms with van der Waals surface area (Å²) in [5.74, 6) is -6.05. The second-order valence-electron chi connectivity index (χ2n) is 8.43. The molecule has 1 aliphatic rings. The number of nitrogens with one attached hydrogen (secondary N) is 1. The number of aliphatic hydroxyl groups excluding tert-OH is 1. The number of hydrogen-bond donors (Lipinski definition) is 2. The van der Waals surface area contributed by atoms with E-state index >= 15 is 0 Å². The van der Waals surface area contributed by atoms with Gasteiger partial charge in [0.05, 0.1) is 6.61 Å². The average molecular weight is 498 g/mol. The smallest absolute Gasteiger partial charge is 0.248 e. The first kappa shape index (κ1) is 28.1. The number of rotatable bonds is 13. The number of nitrogens with zero attached hydrogens (tertiary/aromatic N) is 2. The number of aliphatic hydroxyl groups is 1. The van der Waals surface area contributed by atoms with Crippen molar-refractivity contribution in [3.8, 4) is 0 Å². The Balaban J connectivity index is 2.30. The minimum Gasteiger partial charge on any atom is -0.513 e. The molecule has 0 aromatic heterocycles. The van der Waals surface area contributed by atoms with Crippen molar-refractivity contribution in [3.05, 3.63) is 58.9 Å². The lowest BCUT2D eigenvalue weighted by molar-refractivity contribution is -0.128. The van der Waals surface area contributed by atoms with Crippen molar-refractivity contribution in [2.45, 2.75) is 44.8 Å². The Hall–Kier alpha value is -3.18. The van der Waals surface area contributed by atoms with E-state index in [0.29, 0.717) is 19.4 Å². The van der Waals surface area contributed by atoms with Gasteiger partial charge in [-0.2, -0.15) is 0 Å². The lowest BCUT2D eigenvalue weighted by Crippen LogP contribution is -2.51. The van der Waals surface area contributed by atoms with Gasteiger partial charge in [-0.1, -0.05) is 6.07 Å². The van der Waals surface area contributed by atoms with Gasteiger partial charge in [0.25, 0.3) is 0 Å². The monoisotopic (exact) mass is 497 g/mol. The van der Waals surface area contributed by atoms with Gasteiger partial charge in [0.2, 0.25) is 11.7 Å². The number of amides is 1. The second kappa shape index (κ2) is 12.0. The molecule has 0 bridgehead atoms. The number of hydrogen-bond acceptors (Lipinski definition) is 7. The minimum absolute atomic E-state index is 0.0606. The van der Waals surface area contributed by atoms with E-state index in [1.54, 1.807) is 14.0 Å². The maximum atomic E-state index is 13.9. The quantitative estimate of drug-likeness (QED) is 0.142. The molecule has 1 aromatic rings. The van der Waals surface area contributed by atoms with Crippen molar-refractivity contribution in [1.82, 2.24) is 15.1 Å². The molecule has 8 nitrogen and oxygen atoms in total. The standard InChI is InChI=1S/C24H30F3N3O5/c1-15(23(34)28-11-17-5-6-18(25)22(27)21(17)26)12-30(19(13-31)20(33)14-32)16(2)24(7-8-24)29(3)9-10-35-4/h5-6,12-14,16,31H,7-11H2,1-4H3,(H,28,34)/b15-12+,19-13?/t16-/m0/s1. The molecule has 0 aliphatic heterocycles. The minimum atomic E-state index is -1.64. The molecule has 0 radical (unpaired) electrons. The Labute approximate surface area is 202 Å². The van der Waals surface area contributed by atoms with Crippen LogP contribution in [0.1, 0.15) is 32.3 Å². The summed E-state index contributed by atoms with van der Waals surface area (Å²) in [7, 11) is 3.47. The molecule has 1 amide bonds. The van der Waals surface area contributed by atoms with Crippen LogP contribution in [0.3, 0.4) is 0 Å². The Bertz CT molecular complexity index is 1020. The predicted octanol–water partition coefficient (Wildman–Crippen LogP) is 2.59. The molecule has 35 heavy (non-hydrogen) atoms. The summed E-state index contributed by atoms with van der Waals surface area (Å²) < 4.78 is 45.6. The van der Waals surface area contributed by atoms with E-state index in [-0.39, 0.29) is 23.1 Å². The normalized spacial score (nSPS) is 16.1. The fraction of sp³-hybridized carbons (Fsp3) is 0.458. The van der Waals surface area contributed by atoms with E-state index in [0.717, 1.165) is 25.0 Å². The first-order valence-electron chi connectivity index (χ1n) is 11.0. The molecular formula is C24H30F3N3O5. The molecule has 1 aromatic carbocycles. The maximum absolute atomic E-state index is 13.9. The predicted molar refractivity (Wildman–Crippen MR) is 121 cm³/mol. The Kier molecular flexibility index (Phi) is 9.61. The van der Waals surface area contributed by atoms with E-state index in [1.165, 1.54) is 18.0 Å². The highest BCUT2D eigenvalue weighted by molar-refractivity contribution is 6.32. The fourth-order valence-corrected chi connectivity index (χ4v) is 3.95. The van der Waals surface area contributed by atoms with Crippen molar-refractivity contribution in [1.29, 1.82) is 0 Å². The van der Waals surface area contributed by atoms with Crippen LogP contribution >= 0.6 is 0 Å². The molecule has 0 unspecified atom stereocenters. The largest absolute Gasteiger partial charge is 0.513 e. The summed E-state index contributed by atoms with van der Waals surface area (Å²) in [5.41, 5.74) is -0.914. The highest BCUT2D eigenvalue weighted by Gasteiger charge is 2.53. The third kappa shape index (κ3) is 6.29. The van der Waals surface area contributed by atoms with E-state index in [1.807, 2.05) is 7.05 Å². The first-order valence-corrected chi connectivity index (χ1v) is 11.0. The van der Waals surface area contributed by atoms with Crippen molar-refractivity contribution >= 4 is 18.0 Å². The number of ketones is 1. The van der Waals surface area contributed by atoms with Crippen molar-refractivity contribution < 1.29 is 37.4 Å². The lowest BCUT2D eigenvalue weighted by Gasteiger charge is -2.40. The van der Waals surface area contributed by atoms with Crippen LogP contribution in [0.15, 0.2) is 35.9 Å². The molecule has 192 valence electrons. The average Bonchev–Trinajstić information content (AvgIpc) is 3.66. The number of aldehydes is 1. The molecule has 1 aliphatic carbocycles. The van der Waals surface area contributed by atoms with Gasteiger partial charge in [0.1, 0.15) is 12.0 Å². The van der Waals surface area contributed by atoms with Gasteiger partial charge in [-0.15, -0.1) is 0 Å². The molecule has 0 spiro atoms. The van der Waals surface area contributed by atoms with Crippen LogP contribution < -0.4 is 5.32 Å². The molecule has 1 atom stereocenters. The van der Waals surface area contributed by atoms with Crippen molar-refractivity contribution in [2.75, 3.05) is 27.3 Å². The summed E-state index contributed by atoms with van der Waals surface area (Å²) in [6.45, 7) is 3.87. The molecule has 2 N–H and O–H groups in total. The molecule has 0 heterocycles. The zero-order chi connectivity index (χ0) is 26.3. The van der Waals surface area contributed by atoms with Crippen LogP contribution in [-0.4, -0.2) is 71.8 Å². The van der Waals surface area contributed by atoms with Crippen molar-refractivity contribution in [3.63, 3.8) is 0 Å². The van der Waals surface area contributed by atoms with Crippen molar-refractivity contribution in [2.24, 2.45) is 0 Å². The number of allylic oxidation sites excluding steroid dienone is 1. The summed E-state index contributed by atoms with van der Waals surface area (Å²) >= 11 is 0. The Morgan fingerprint density at radius 3 is 2.46 bits per heavy atom. The van der Waals surface area contributed by atoms with Crippen LogP contribution in [0.5, 0.6) is 0 Å². The number of likely N-dealkylation sites (N-methyl/N-ethyl adjacent to an activating group) is 1. The number of carbonyl (C=O) groups excluding carboxylic acids is 3. The summed E-state index contributed by atoms with van der Waals surface area (Å²) in [6.07, 6.45) is 3.43. The summed E-state index contributed by atoms with van der Waals surface area (Å²) in [6, 6.07) is 1.33. The number of halogens is 3. The van der Waals surface area contributed by atoms with Gasteiger partial charge in [-0.3, -0.25) is 19.3 Å². The molecule has 11 heteroatoms. The van der Waals surface area contributed by atoms with E-state index in [2.05, 4.69) is 10.2 Å². The number of ether oxygens (including phenoxy) is 1. The van der Waals surface area contributed by atoms with Crippen LogP contribution in [0, 0.1) is 17.5 Å². The zero-order valence-corrected chi connectivity index (χ0v) is 20.1. The third-order valence-electron chi connectivity index (χ3n) is 6.35. The zero-order valence-electron chi connectivity index (χ0n) is 20.1. The number of benzene rings is 1. The molecule has 1 fully saturated rings. The second-order valence-corrected chi connectivity index (χ2v) is 8.43. The van der Waals surface area contributed by atoms with Crippen LogP contribution in [0.25, 0.3) is 0 Å².